The van der Waals surface area contributed by atoms with Crippen LogP contribution in [0, 0.1) is 5.92 Å². The summed E-state index contributed by atoms with van der Waals surface area (Å²) in [5.41, 5.74) is 2.43. The number of nitrogens with zero attached hydrogens (tertiary/aromatic N) is 1. The predicted molar refractivity (Wildman–Crippen MR) is 99.4 cm³/mol. The summed E-state index contributed by atoms with van der Waals surface area (Å²) in [6.45, 7) is 7.29. The van der Waals surface area contributed by atoms with Gasteiger partial charge in [0.15, 0.2) is 5.78 Å². The first-order valence-electron chi connectivity index (χ1n) is 8.93. The minimum absolute atomic E-state index is 0.191. The van der Waals surface area contributed by atoms with E-state index >= 15 is 0 Å². The van der Waals surface area contributed by atoms with Gasteiger partial charge in [-0.05, 0) is 42.8 Å². The van der Waals surface area contributed by atoms with Crippen LogP contribution < -0.4 is 0 Å². The van der Waals surface area contributed by atoms with Crippen LogP contribution in [0.1, 0.15) is 42.6 Å². The second-order valence-corrected chi connectivity index (χ2v) is 7.43. The maximum atomic E-state index is 12.4. The molecule has 0 unspecified atom stereocenters. The summed E-state index contributed by atoms with van der Waals surface area (Å²) in [4.78, 5) is 14.7. The summed E-state index contributed by atoms with van der Waals surface area (Å²) in [6, 6.07) is 20.5. The fourth-order valence-corrected chi connectivity index (χ4v) is 3.83. The van der Waals surface area contributed by atoms with Gasteiger partial charge in [0.25, 0.3) is 0 Å². The van der Waals surface area contributed by atoms with Gasteiger partial charge in [0, 0.05) is 5.56 Å². The normalized spacial score (nSPS) is 16.9. The molecule has 3 rings (SSSR count). The van der Waals surface area contributed by atoms with Crippen LogP contribution in [0.25, 0.3) is 0 Å². The van der Waals surface area contributed by atoms with E-state index in [9.17, 15) is 4.79 Å². The summed E-state index contributed by atoms with van der Waals surface area (Å²) in [5.74, 6) is 0.902. The summed E-state index contributed by atoms with van der Waals surface area (Å²) >= 11 is 0. The largest absolute Gasteiger partial charge is 0.296 e. The minimum Gasteiger partial charge on any atom is -0.296 e. The Kier molecular flexibility index (Phi) is 5.15. The summed E-state index contributed by atoms with van der Waals surface area (Å²) in [6.07, 6.45) is 2.31. The summed E-state index contributed by atoms with van der Waals surface area (Å²) in [5, 5.41) is 0. The monoisotopic (exact) mass is 321 g/mol. The molecule has 0 bridgehead atoms. The Bertz CT molecular complexity index is 655. The number of piperidine rings is 1. The molecule has 0 aromatic heterocycles. The fourth-order valence-electron chi connectivity index (χ4n) is 3.83. The molecule has 0 amide bonds. The van der Waals surface area contributed by atoms with Crippen molar-refractivity contribution in [3.05, 3.63) is 71.8 Å². The van der Waals surface area contributed by atoms with Gasteiger partial charge in [-0.2, -0.15) is 0 Å². The van der Waals surface area contributed by atoms with E-state index in [1.807, 2.05) is 30.3 Å². The van der Waals surface area contributed by atoms with Crippen molar-refractivity contribution >= 4 is 5.78 Å². The molecule has 2 aromatic rings. The van der Waals surface area contributed by atoms with Gasteiger partial charge in [0.1, 0.15) is 0 Å². The van der Waals surface area contributed by atoms with Gasteiger partial charge in [-0.1, -0.05) is 74.5 Å². The fraction of sp³-hybridized carbons (Fsp3) is 0.409. The van der Waals surface area contributed by atoms with Crippen LogP contribution in [0.15, 0.2) is 60.7 Å². The van der Waals surface area contributed by atoms with Crippen molar-refractivity contribution in [2.24, 2.45) is 5.92 Å². The van der Waals surface area contributed by atoms with Crippen LogP contribution in [0.5, 0.6) is 0 Å². The molecule has 1 fully saturated rings. The van der Waals surface area contributed by atoms with E-state index in [-0.39, 0.29) is 11.2 Å². The van der Waals surface area contributed by atoms with Gasteiger partial charge in [0.05, 0.1) is 6.54 Å². The molecule has 24 heavy (non-hydrogen) atoms. The third-order valence-electron chi connectivity index (χ3n) is 5.59. The predicted octanol–water partition coefficient (Wildman–Crippen LogP) is 4.56. The molecule has 0 spiro atoms. The molecular formula is C22H27NO. The van der Waals surface area contributed by atoms with Crippen LogP contribution in [-0.2, 0) is 5.41 Å². The van der Waals surface area contributed by atoms with E-state index in [0.29, 0.717) is 12.5 Å². The number of hydrogen-bond acceptors (Lipinski definition) is 2. The lowest BCUT2D eigenvalue weighted by molar-refractivity contribution is 0.0865. The maximum Gasteiger partial charge on any atom is 0.176 e. The van der Waals surface area contributed by atoms with E-state index in [4.69, 9.17) is 0 Å². The van der Waals surface area contributed by atoms with Crippen molar-refractivity contribution < 1.29 is 4.79 Å². The van der Waals surface area contributed by atoms with Crippen LogP contribution in [-0.4, -0.2) is 30.3 Å². The lowest BCUT2D eigenvalue weighted by Gasteiger charge is -2.41. The zero-order chi connectivity index (χ0) is 17.0. The highest BCUT2D eigenvalue weighted by Crippen LogP contribution is 2.37. The average molecular weight is 321 g/mol. The van der Waals surface area contributed by atoms with Gasteiger partial charge < -0.3 is 0 Å². The van der Waals surface area contributed by atoms with Crippen LogP contribution in [0.3, 0.4) is 0 Å². The smallest absolute Gasteiger partial charge is 0.176 e. The zero-order valence-corrected chi connectivity index (χ0v) is 14.7. The Morgan fingerprint density at radius 1 is 0.958 bits per heavy atom. The molecule has 2 aromatic carbocycles. The second kappa shape index (κ2) is 7.31. The van der Waals surface area contributed by atoms with E-state index < -0.39 is 0 Å². The SMILES string of the molecule is CC(C)(c1ccccc1)C1CCN(CC(=O)c2ccccc2)CC1. The second-order valence-electron chi connectivity index (χ2n) is 7.43. The molecule has 1 aliphatic heterocycles. The third-order valence-corrected chi connectivity index (χ3v) is 5.59. The highest BCUT2D eigenvalue weighted by Gasteiger charge is 2.34. The molecule has 0 saturated carbocycles. The number of likely N-dealkylation sites (tertiary alicyclic amines) is 1. The van der Waals surface area contributed by atoms with Crippen LogP contribution in [0.2, 0.25) is 0 Å². The number of hydrogen-bond donors (Lipinski definition) is 0. The molecule has 0 atom stereocenters. The third kappa shape index (κ3) is 3.76. The van der Waals surface area contributed by atoms with E-state index in [1.54, 1.807) is 0 Å². The number of Topliss-reactive ketones (excluding diaryl/α,β-unsaturated/α-hetero) is 1. The Hall–Kier alpha value is -1.93. The van der Waals surface area contributed by atoms with E-state index in [2.05, 4.69) is 49.1 Å². The average Bonchev–Trinajstić information content (AvgIpc) is 2.63. The zero-order valence-electron chi connectivity index (χ0n) is 14.7. The standard InChI is InChI=1S/C22H27NO/c1-22(2,19-11-7-4-8-12-19)20-13-15-23(16-14-20)17-21(24)18-9-5-3-6-10-18/h3-12,20H,13-17H2,1-2H3. The molecule has 1 aliphatic rings. The Balaban J connectivity index is 1.57. The molecule has 2 heteroatoms. The first kappa shape index (κ1) is 16.9. The quantitative estimate of drug-likeness (QED) is 0.753. The van der Waals surface area contributed by atoms with Crippen molar-refractivity contribution in [2.75, 3.05) is 19.6 Å². The van der Waals surface area contributed by atoms with Gasteiger partial charge >= 0.3 is 0 Å². The number of ketones is 1. The van der Waals surface area contributed by atoms with Crippen LogP contribution >= 0.6 is 0 Å². The topological polar surface area (TPSA) is 20.3 Å². The summed E-state index contributed by atoms with van der Waals surface area (Å²) < 4.78 is 0. The van der Waals surface area contributed by atoms with Gasteiger partial charge in [-0.25, -0.2) is 0 Å². The molecule has 1 saturated heterocycles. The highest BCUT2D eigenvalue weighted by molar-refractivity contribution is 5.97. The van der Waals surface area contributed by atoms with Crippen molar-refractivity contribution in [3.63, 3.8) is 0 Å². The molecule has 126 valence electrons. The van der Waals surface area contributed by atoms with E-state index in [1.165, 1.54) is 5.56 Å². The van der Waals surface area contributed by atoms with Crippen molar-refractivity contribution in [1.29, 1.82) is 0 Å². The first-order chi connectivity index (χ1) is 11.6. The van der Waals surface area contributed by atoms with Crippen molar-refractivity contribution in [1.82, 2.24) is 4.90 Å². The molecule has 2 nitrogen and oxygen atoms in total. The van der Waals surface area contributed by atoms with E-state index in [0.717, 1.165) is 31.5 Å². The molecule has 1 heterocycles. The Morgan fingerprint density at radius 3 is 2.08 bits per heavy atom. The molecule has 0 aliphatic carbocycles. The van der Waals surface area contributed by atoms with Gasteiger partial charge in [0.2, 0.25) is 0 Å². The summed E-state index contributed by atoms with van der Waals surface area (Å²) in [7, 11) is 0. The van der Waals surface area contributed by atoms with Crippen LogP contribution in [0.4, 0.5) is 0 Å². The maximum absolute atomic E-state index is 12.4. The van der Waals surface area contributed by atoms with Gasteiger partial charge in [-0.3, -0.25) is 9.69 Å². The Morgan fingerprint density at radius 2 is 1.50 bits per heavy atom. The van der Waals surface area contributed by atoms with Gasteiger partial charge in [-0.15, -0.1) is 0 Å². The lowest BCUT2D eigenvalue weighted by atomic mass is 9.69. The minimum atomic E-state index is 0.191. The lowest BCUT2D eigenvalue weighted by Crippen LogP contribution is -2.42. The first-order valence-corrected chi connectivity index (χ1v) is 8.93. The van der Waals surface area contributed by atoms with Crippen molar-refractivity contribution in [2.45, 2.75) is 32.1 Å². The molecular weight excluding hydrogens is 294 g/mol. The Labute approximate surface area is 145 Å². The molecule has 0 radical (unpaired) electrons. The molecule has 0 N–H and O–H groups in total. The van der Waals surface area contributed by atoms with Crippen molar-refractivity contribution in [3.8, 4) is 0 Å². The highest BCUT2D eigenvalue weighted by atomic mass is 16.1. The number of rotatable bonds is 5. The number of carbonyl (C=O) groups excluding carboxylic acids is 1. The number of benzene rings is 2. The number of carbonyl (C=O) groups is 1.